The van der Waals surface area contributed by atoms with E-state index in [0.29, 0.717) is 0 Å². The second-order valence-corrected chi connectivity index (χ2v) is 5.24. The Labute approximate surface area is 109 Å². The number of likely N-dealkylation sites (tertiary alicyclic amines) is 1. The highest BCUT2D eigenvalue weighted by Crippen LogP contribution is 2.34. The van der Waals surface area contributed by atoms with E-state index in [0.717, 1.165) is 19.4 Å². The highest BCUT2D eigenvalue weighted by atomic mass is 32.1. The first kappa shape index (κ1) is 13.0. The van der Waals surface area contributed by atoms with Crippen LogP contribution in [0, 0.1) is 0 Å². The number of carboxylic acid groups (broad SMARTS) is 1. The van der Waals surface area contributed by atoms with E-state index < -0.39 is 5.97 Å². The Morgan fingerprint density at radius 1 is 1.50 bits per heavy atom. The average molecular weight is 268 g/mol. The SMILES string of the molecule is O=C(O)CNCC(=O)N1CCCC1c1cccs1. The molecule has 98 valence electrons. The molecule has 6 heteroatoms. The molecule has 0 aliphatic carbocycles. The Morgan fingerprint density at radius 3 is 3.00 bits per heavy atom. The Morgan fingerprint density at radius 2 is 2.33 bits per heavy atom. The molecule has 2 N–H and O–H groups in total. The van der Waals surface area contributed by atoms with Gasteiger partial charge in [-0.3, -0.25) is 14.9 Å². The second-order valence-electron chi connectivity index (χ2n) is 4.26. The quantitative estimate of drug-likeness (QED) is 0.838. The third-order valence-electron chi connectivity index (χ3n) is 3.00. The van der Waals surface area contributed by atoms with E-state index in [4.69, 9.17) is 5.11 Å². The zero-order chi connectivity index (χ0) is 13.0. The summed E-state index contributed by atoms with van der Waals surface area (Å²) in [6, 6.07) is 4.21. The van der Waals surface area contributed by atoms with Crippen LogP contribution in [0.15, 0.2) is 17.5 Å². The number of amides is 1. The van der Waals surface area contributed by atoms with Crippen molar-refractivity contribution < 1.29 is 14.7 Å². The number of carbonyl (C=O) groups is 2. The van der Waals surface area contributed by atoms with Gasteiger partial charge in [0.1, 0.15) is 0 Å². The molecule has 1 aliphatic heterocycles. The van der Waals surface area contributed by atoms with E-state index in [2.05, 4.69) is 5.32 Å². The molecule has 1 amide bonds. The average Bonchev–Trinajstić information content (AvgIpc) is 2.99. The van der Waals surface area contributed by atoms with Gasteiger partial charge in [-0.1, -0.05) is 6.07 Å². The molecule has 0 spiro atoms. The molecule has 1 atom stereocenters. The lowest BCUT2D eigenvalue weighted by Crippen LogP contribution is -2.39. The smallest absolute Gasteiger partial charge is 0.317 e. The normalized spacial score (nSPS) is 19.1. The predicted octanol–water partition coefficient (Wildman–Crippen LogP) is 1.09. The van der Waals surface area contributed by atoms with Crippen LogP contribution in [-0.4, -0.2) is 41.5 Å². The molecule has 1 aromatic rings. The maximum atomic E-state index is 12.0. The predicted molar refractivity (Wildman–Crippen MR) is 68.5 cm³/mol. The molecule has 2 rings (SSSR count). The number of carbonyl (C=O) groups excluding carboxylic acids is 1. The minimum Gasteiger partial charge on any atom is -0.480 e. The number of thiophene rings is 1. The standard InChI is InChI=1S/C12H16N2O3S/c15-11(7-13-8-12(16)17)14-5-1-3-9(14)10-4-2-6-18-10/h2,4,6,9,13H,1,3,5,7-8H2,(H,16,17). The number of carboxylic acids is 1. The molecule has 1 aromatic heterocycles. The zero-order valence-electron chi connectivity index (χ0n) is 9.96. The van der Waals surface area contributed by atoms with E-state index in [1.165, 1.54) is 4.88 Å². The van der Waals surface area contributed by atoms with Crippen LogP contribution in [0.4, 0.5) is 0 Å². The highest BCUT2D eigenvalue weighted by molar-refractivity contribution is 7.10. The summed E-state index contributed by atoms with van der Waals surface area (Å²) in [5.41, 5.74) is 0. The lowest BCUT2D eigenvalue weighted by Gasteiger charge is -2.24. The molecule has 0 aromatic carbocycles. The summed E-state index contributed by atoms with van der Waals surface area (Å²) in [4.78, 5) is 25.4. The first-order chi connectivity index (χ1) is 8.68. The van der Waals surface area contributed by atoms with Crippen molar-refractivity contribution in [2.75, 3.05) is 19.6 Å². The summed E-state index contributed by atoms with van der Waals surface area (Å²) in [6.07, 6.45) is 2.00. The fraction of sp³-hybridized carbons (Fsp3) is 0.500. The molecule has 1 fully saturated rings. The van der Waals surface area contributed by atoms with Gasteiger partial charge in [-0.15, -0.1) is 11.3 Å². The van der Waals surface area contributed by atoms with Crippen molar-refractivity contribution in [2.24, 2.45) is 0 Å². The fourth-order valence-corrected chi connectivity index (χ4v) is 3.09. The van der Waals surface area contributed by atoms with Gasteiger partial charge in [-0.05, 0) is 24.3 Å². The molecule has 0 radical (unpaired) electrons. The zero-order valence-corrected chi connectivity index (χ0v) is 10.8. The third-order valence-corrected chi connectivity index (χ3v) is 3.97. The number of aliphatic carboxylic acids is 1. The van der Waals surface area contributed by atoms with E-state index in [1.54, 1.807) is 11.3 Å². The summed E-state index contributed by atoms with van der Waals surface area (Å²) in [6.45, 7) is 0.674. The van der Waals surface area contributed by atoms with Crippen LogP contribution in [0.5, 0.6) is 0 Å². The van der Waals surface area contributed by atoms with Gasteiger partial charge in [0.15, 0.2) is 0 Å². The van der Waals surface area contributed by atoms with Crippen LogP contribution >= 0.6 is 11.3 Å². The van der Waals surface area contributed by atoms with Gasteiger partial charge in [0.25, 0.3) is 0 Å². The van der Waals surface area contributed by atoms with Crippen molar-refractivity contribution in [3.05, 3.63) is 22.4 Å². The Bertz CT molecular complexity index is 419. The van der Waals surface area contributed by atoms with Crippen LogP contribution in [0.2, 0.25) is 0 Å². The molecule has 1 unspecified atom stereocenters. The largest absolute Gasteiger partial charge is 0.480 e. The maximum absolute atomic E-state index is 12.0. The topological polar surface area (TPSA) is 69.6 Å². The minimum absolute atomic E-state index is 0.0212. The van der Waals surface area contributed by atoms with Gasteiger partial charge in [0.05, 0.1) is 19.1 Å². The number of hydrogen-bond donors (Lipinski definition) is 2. The van der Waals surface area contributed by atoms with Crippen LogP contribution in [0.3, 0.4) is 0 Å². The summed E-state index contributed by atoms with van der Waals surface area (Å²) in [5.74, 6) is -0.967. The number of rotatable bonds is 5. The van der Waals surface area contributed by atoms with E-state index in [-0.39, 0.29) is 25.0 Å². The van der Waals surface area contributed by atoms with Crippen LogP contribution in [-0.2, 0) is 9.59 Å². The maximum Gasteiger partial charge on any atom is 0.317 e. The lowest BCUT2D eigenvalue weighted by atomic mass is 10.2. The van der Waals surface area contributed by atoms with Crippen LogP contribution in [0.1, 0.15) is 23.8 Å². The van der Waals surface area contributed by atoms with E-state index in [1.807, 2.05) is 22.4 Å². The fourth-order valence-electron chi connectivity index (χ4n) is 2.22. The molecular formula is C12H16N2O3S. The van der Waals surface area contributed by atoms with Crippen molar-refractivity contribution in [1.82, 2.24) is 10.2 Å². The third kappa shape index (κ3) is 3.08. The summed E-state index contributed by atoms with van der Waals surface area (Å²) >= 11 is 1.66. The van der Waals surface area contributed by atoms with Crippen molar-refractivity contribution in [3.63, 3.8) is 0 Å². The molecule has 5 nitrogen and oxygen atoms in total. The lowest BCUT2D eigenvalue weighted by molar-refractivity contribution is -0.136. The number of nitrogens with zero attached hydrogens (tertiary/aromatic N) is 1. The number of hydrogen-bond acceptors (Lipinski definition) is 4. The molecule has 1 aliphatic rings. The van der Waals surface area contributed by atoms with Gasteiger partial charge in [0, 0.05) is 11.4 Å². The first-order valence-corrected chi connectivity index (χ1v) is 6.82. The van der Waals surface area contributed by atoms with E-state index >= 15 is 0 Å². The van der Waals surface area contributed by atoms with Crippen molar-refractivity contribution in [3.8, 4) is 0 Å². The summed E-state index contributed by atoms with van der Waals surface area (Å²) in [7, 11) is 0. The van der Waals surface area contributed by atoms with Crippen LogP contribution in [0.25, 0.3) is 0 Å². The minimum atomic E-state index is -0.945. The number of nitrogens with one attached hydrogen (secondary N) is 1. The van der Waals surface area contributed by atoms with E-state index in [9.17, 15) is 9.59 Å². The van der Waals surface area contributed by atoms with Crippen molar-refractivity contribution in [2.45, 2.75) is 18.9 Å². The molecule has 0 bridgehead atoms. The molecule has 2 heterocycles. The van der Waals surface area contributed by atoms with Gasteiger partial charge >= 0.3 is 5.97 Å². The Hall–Kier alpha value is -1.40. The molecular weight excluding hydrogens is 252 g/mol. The highest BCUT2D eigenvalue weighted by Gasteiger charge is 2.30. The van der Waals surface area contributed by atoms with Crippen molar-refractivity contribution >= 4 is 23.2 Å². The van der Waals surface area contributed by atoms with Crippen molar-refractivity contribution in [1.29, 1.82) is 0 Å². The van der Waals surface area contributed by atoms with Crippen LogP contribution < -0.4 is 5.32 Å². The van der Waals surface area contributed by atoms with Gasteiger partial charge in [-0.25, -0.2) is 0 Å². The monoisotopic (exact) mass is 268 g/mol. The molecule has 1 saturated heterocycles. The Balaban J connectivity index is 1.91. The summed E-state index contributed by atoms with van der Waals surface area (Å²) < 4.78 is 0. The van der Waals surface area contributed by atoms with Gasteiger partial charge in [0.2, 0.25) is 5.91 Å². The second kappa shape index (κ2) is 5.97. The van der Waals surface area contributed by atoms with Gasteiger partial charge in [-0.2, -0.15) is 0 Å². The summed E-state index contributed by atoms with van der Waals surface area (Å²) in [5, 5.41) is 13.2. The Kier molecular flexibility index (Phi) is 4.33. The van der Waals surface area contributed by atoms with Gasteiger partial charge < -0.3 is 10.0 Å². The molecule has 0 saturated carbocycles. The molecule has 18 heavy (non-hydrogen) atoms. The first-order valence-electron chi connectivity index (χ1n) is 5.94.